The highest BCUT2D eigenvalue weighted by Gasteiger charge is 2.15. The van der Waals surface area contributed by atoms with E-state index in [1.807, 2.05) is 24.3 Å². The van der Waals surface area contributed by atoms with E-state index >= 15 is 0 Å². The van der Waals surface area contributed by atoms with E-state index in [-0.39, 0.29) is 0 Å². The van der Waals surface area contributed by atoms with Gasteiger partial charge in [0.05, 0.1) is 108 Å². The number of benzene rings is 2. The molecule has 0 atom stereocenters. The highest BCUT2D eigenvalue weighted by Crippen LogP contribution is 2.32. The average Bonchev–Trinajstić information content (AvgIpc) is 2.94. The lowest BCUT2D eigenvalue weighted by Gasteiger charge is -2.17. The van der Waals surface area contributed by atoms with E-state index in [2.05, 4.69) is 0 Å². The molecule has 0 spiro atoms. The fourth-order valence-electron chi connectivity index (χ4n) is 4.04. The van der Waals surface area contributed by atoms with Gasteiger partial charge >= 0.3 is 0 Å². The molecule has 212 valence electrons. The Bertz CT molecular complexity index is 825. The number of fused-ring (bicyclic) bond motifs is 4. The maximum absolute atomic E-state index is 5.83. The van der Waals surface area contributed by atoms with E-state index in [9.17, 15) is 0 Å². The van der Waals surface area contributed by atoms with E-state index in [1.165, 1.54) is 0 Å². The van der Waals surface area contributed by atoms with Crippen molar-refractivity contribution in [1.82, 2.24) is 0 Å². The van der Waals surface area contributed by atoms with Crippen molar-refractivity contribution in [3.63, 3.8) is 0 Å². The third-order valence-corrected chi connectivity index (χ3v) is 5.83. The minimum absolute atomic E-state index is 0.355. The third kappa shape index (κ3) is 9.30. The highest BCUT2D eigenvalue weighted by molar-refractivity contribution is 5.47. The molecule has 3 rings (SSSR count). The minimum atomic E-state index is 0.355. The Morgan fingerprint density at radius 1 is 0.395 bits per heavy atom. The molecule has 4 bridgehead atoms. The predicted molar refractivity (Wildman–Crippen MR) is 139 cm³/mol. The fourth-order valence-corrected chi connectivity index (χ4v) is 4.04. The van der Waals surface area contributed by atoms with Crippen LogP contribution in [0.2, 0.25) is 0 Å². The first-order valence-corrected chi connectivity index (χ1v) is 12.6. The molecule has 0 aromatic heterocycles. The normalized spacial score (nSPS) is 17.2. The van der Waals surface area contributed by atoms with Gasteiger partial charge in [0.1, 0.15) is 23.0 Å². The van der Waals surface area contributed by atoms with Crippen molar-refractivity contribution in [2.75, 3.05) is 81.3 Å². The molecule has 38 heavy (non-hydrogen) atoms. The Balaban J connectivity index is 1.63. The van der Waals surface area contributed by atoms with Gasteiger partial charge in [0, 0.05) is 22.3 Å². The second kappa shape index (κ2) is 17.1. The van der Waals surface area contributed by atoms with Crippen LogP contribution in [-0.2, 0) is 54.8 Å². The van der Waals surface area contributed by atoms with Gasteiger partial charge in [-0.3, -0.25) is 0 Å². The minimum Gasteiger partial charge on any atom is -0.497 e. The van der Waals surface area contributed by atoms with Crippen LogP contribution in [0.15, 0.2) is 24.3 Å². The van der Waals surface area contributed by atoms with Crippen LogP contribution >= 0.6 is 0 Å². The molecule has 1 heterocycles. The molecular formula is C28H40O10. The topological polar surface area (TPSA) is 92.3 Å². The summed E-state index contributed by atoms with van der Waals surface area (Å²) in [5.41, 5.74) is 3.51. The molecule has 1 aliphatic heterocycles. The van der Waals surface area contributed by atoms with Crippen LogP contribution in [0, 0.1) is 0 Å². The molecule has 2 aromatic rings. The van der Waals surface area contributed by atoms with Crippen molar-refractivity contribution in [2.24, 2.45) is 0 Å². The van der Waals surface area contributed by atoms with Gasteiger partial charge in [-0.15, -0.1) is 0 Å². The smallest absolute Gasteiger partial charge is 0.130 e. The van der Waals surface area contributed by atoms with Crippen LogP contribution in [-0.4, -0.2) is 81.3 Å². The summed E-state index contributed by atoms with van der Waals surface area (Å²) in [6.07, 6.45) is 0. The monoisotopic (exact) mass is 536 g/mol. The Morgan fingerprint density at radius 2 is 0.658 bits per heavy atom. The first kappa shape index (κ1) is 29.9. The van der Waals surface area contributed by atoms with Gasteiger partial charge in [-0.2, -0.15) is 0 Å². The zero-order valence-corrected chi connectivity index (χ0v) is 22.9. The van der Waals surface area contributed by atoms with Crippen molar-refractivity contribution < 1.29 is 47.4 Å². The quantitative estimate of drug-likeness (QED) is 0.578. The summed E-state index contributed by atoms with van der Waals surface area (Å²) in [6.45, 7) is 4.89. The van der Waals surface area contributed by atoms with E-state index in [0.717, 1.165) is 33.8 Å². The van der Waals surface area contributed by atoms with Crippen molar-refractivity contribution in [1.29, 1.82) is 0 Å². The zero-order valence-electron chi connectivity index (χ0n) is 22.9. The van der Waals surface area contributed by atoms with Crippen LogP contribution in [0.5, 0.6) is 23.0 Å². The molecule has 0 fully saturated rings. The molecule has 0 unspecified atom stereocenters. The van der Waals surface area contributed by atoms with Gasteiger partial charge in [-0.1, -0.05) is 0 Å². The standard InChI is InChI=1S/C28H40O10/c1-29-25-13-21-17-35-9-5-33-7-11-37-19-23-15-26(30-2)16-24(28(23)32-4)20-38-12-8-34-6-10-36-18-22(14-25)27(21)31-3/h13-16H,5-12,17-20H2,1-4H3. The lowest BCUT2D eigenvalue weighted by atomic mass is 10.1. The van der Waals surface area contributed by atoms with Gasteiger partial charge in [-0.05, 0) is 24.3 Å². The lowest BCUT2D eigenvalue weighted by Crippen LogP contribution is -2.12. The molecule has 0 aliphatic carbocycles. The number of methoxy groups -OCH3 is 4. The lowest BCUT2D eigenvalue weighted by molar-refractivity contribution is 0.00425. The second-order valence-corrected chi connectivity index (χ2v) is 8.39. The second-order valence-electron chi connectivity index (χ2n) is 8.39. The summed E-state index contributed by atoms with van der Waals surface area (Å²) >= 11 is 0. The first-order valence-electron chi connectivity index (χ1n) is 12.6. The largest absolute Gasteiger partial charge is 0.497 e. The maximum atomic E-state index is 5.83. The first-order chi connectivity index (χ1) is 18.7. The summed E-state index contributed by atoms with van der Waals surface area (Å²) in [6, 6.07) is 7.62. The van der Waals surface area contributed by atoms with Crippen LogP contribution < -0.4 is 18.9 Å². The molecule has 0 radical (unpaired) electrons. The van der Waals surface area contributed by atoms with Crippen LogP contribution in [0.4, 0.5) is 0 Å². The number of rotatable bonds is 4. The molecule has 10 nitrogen and oxygen atoms in total. The maximum Gasteiger partial charge on any atom is 0.130 e. The molecule has 0 amide bonds. The fraction of sp³-hybridized carbons (Fsp3) is 0.571. The molecular weight excluding hydrogens is 496 g/mol. The Hall–Kier alpha value is -2.60. The molecule has 0 saturated heterocycles. The highest BCUT2D eigenvalue weighted by atomic mass is 16.6. The van der Waals surface area contributed by atoms with E-state index in [1.54, 1.807) is 28.4 Å². The van der Waals surface area contributed by atoms with Crippen molar-refractivity contribution >= 4 is 0 Å². The Kier molecular flexibility index (Phi) is 13.5. The van der Waals surface area contributed by atoms with Gasteiger partial charge in [-0.25, -0.2) is 0 Å². The summed E-state index contributed by atoms with van der Waals surface area (Å²) in [5.74, 6) is 2.87. The molecule has 0 N–H and O–H groups in total. The summed E-state index contributed by atoms with van der Waals surface area (Å²) in [7, 11) is 6.53. The van der Waals surface area contributed by atoms with Gasteiger partial charge < -0.3 is 47.4 Å². The number of hydrogen-bond acceptors (Lipinski definition) is 10. The van der Waals surface area contributed by atoms with E-state index in [4.69, 9.17) is 47.4 Å². The summed E-state index contributed by atoms with van der Waals surface area (Å²) < 4.78 is 56.9. The predicted octanol–water partition coefficient (Wildman–Crippen LogP) is 3.53. The van der Waals surface area contributed by atoms with Gasteiger partial charge in [0.2, 0.25) is 0 Å². The molecule has 10 heteroatoms. The molecule has 1 aliphatic rings. The van der Waals surface area contributed by atoms with Crippen LogP contribution in [0.25, 0.3) is 0 Å². The summed E-state index contributed by atoms with van der Waals surface area (Å²) in [4.78, 5) is 0. The van der Waals surface area contributed by atoms with E-state index in [0.29, 0.717) is 90.8 Å². The third-order valence-electron chi connectivity index (χ3n) is 5.83. The van der Waals surface area contributed by atoms with Crippen molar-refractivity contribution in [3.8, 4) is 23.0 Å². The number of ether oxygens (including phenoxy) is 10. The Labute approximate surface area is 224 Å². The average molecular weight is 537 g/mol. The van der Waals surface area contributed by atoms with Crippen molar-refractivity contribution in [2.45, 2.75) is 26.4 Å². The molecule has 0 saturated carbocycles. The van der Waals surface area contributed by atoms with Crippen LogP contribution in [0.3, 0.4) is 0 Å². The van der Waals surface area contributed by atoms with Crippen molar-refractivity contribution in [3.05, 3.63) is 46.5 Å². The van der Waals surface area contributed by atoms with Gasteiger partial charge in [0.25, 0.3) is 0 Å². The molecule has 2 aromatic carbocycles. The Morgan fingerprint density at radius 3 is 0.895 bits per heavy atom. The van der Waals surface area contributed by atoms with Gasteiger partial charge in [0.15, 0.2) is 0 Å². The summed E-state index contributed by atoms with van der Waals surface area (Å²) in [5, 5.41) is 0. The van der Waals surface area contributed by atoms with E-state index < -0.39 is 0 Å². The number of hydrogen-bond donors (Lipinski definition) is 0. The SMILES string of the molecule is COc1cc2c(OC)c(c1)COCCOCCOCc1cc(OC)cc(c1OC)COCCOCCOC2. The van der Waals surface area contributed by atoms with Crippen LogP contribution in [0.1, 0.15) is 22.3 Å². The zero-order chi connectivity index (χ0) is 27.0.